The zero-order chi connectivity index (χ0) is 19.2. The minimum Gasteiger partial charge on any atom is -0.326 e. The van der Waals surface area contributed by atoms with Gasteiger partial charge in [0.25, 0.3) is 0 Å². The number of nitrogens with zero attached hydrogens (tertiary/aromatic N) is 2. The van der Waals surface area contributed by atoms with E-state index < -0.39 is 0 Å². The number of benzene rings is 2. The monoisotopic (exact) mass is 386 g/mol. The van der Waals surface area contributed by atoms with E-state index in [0.29, 0.717) is 24.5 Å². The molecule has 6 nitrogen and oxygen atoms in total. The summed E-state index contributed by atoms with van der Waals surface area (Å²) in [5, 5.41) is 6.35. The lowest BCUT2D eigenvalue weighted by Gasteiger charge is -2.34. The van der Waals surface area contributed by atoms with Crippen molar-refractivity contribution in [1.29, 1.82) is 0 Å². The van der Waals surface area contributed by atoms with E-state index in [-0.39, 0.29) is 11.9 Å². The predicted molar refractivity (Wildman–Crippen MR) is 108 cm³/mol. The van der Waals surface area contributed by atoms with Crippen molar-refractivity contribution in [3.05, 3.63) is 59.1 Å². The second-order valence-corrected chi connectivity index (χ2v) is 7.02. The highest BCUT2D eigenvalue weighted by atomic mass is 35.5. The second kappa shape index (κ2) is 8.88. The Hall–Kier alpha value is -2.57. The van der Waals surface area contributed by atoms with Crippen LogP contribution in [0.5, 0.6) is 0 Å². The fourth-order valence-corrected chi connectivity index (χ4v) is 3.16. The molecule has 0 unspecified atom stereocenters. The van der Waals surface area contributed by atoms with Crippen LogP contribution >= 0.6 is 11.6 Å². The zero-order valence-electron chi connectivity index (χ0n) is 15.2. The molecule has 1 fully saturated rings. The van der Waals surface area contributed by atoms with Crippen LogP contribution in [0.25, 0.3) is 0 Å². The molecule has 0 bridgehead atoms. The van der Waals surface area contributed by atoms with Gasteiger partial charge in [-0.3, -0.25) is 9.69 Å². The number of hydrogen-bond acceptors (Lipinski definition) is 3. The van der Waals surface area contributed by atoms with E-state index in [9.17, 15) is 9.59 Å². The van der Waals surface area contributed by atoms with E-state index in [4.69, 9.17) is 11.6 Å². The van der Waals surface area contributed by atoms with Crippen LogP contribution in [-0.4, -0.2) is 47.9 Å². The maximum absolute atomic E-state index is 12.5. The summed E-state index contributed by atoms with van der Waals surface area (Å²) in [6.45, 7) is 5.29. The summed E-state index contributed by atoms with van der Waals surface area (Å²) in [4.78, 5) is 27.8. The first-order valence-electron chi connectivity index (χ1n) is 8.90. The standard InChI is InChI=1S/C20H23ClN4O2/c1-15(26)22-18-3-2-4-19(13-18)23-20(27)25-11-9-24(10-12-25)14-16-5-7-17(21)8-6-16/h2-8,13H,9-12,14H2,1H3,(H,22,26)(H,23,27). The summed E-state index contributed by atoms with van der Waals surface area (Å²) in [7, 11) is 0. The SMILES string of the molecule is CC(=O)Nc1cccc(NC(=O)N2CCN(Cc3ccc(Cl)cc3)CC2)c1. The van der Waals surface area contributed by atoms with Crippen LogP contribution in [0, 0.1) is 0 Å². The molecule has 7 heteroatoms. The number of piperazine rings is 1. The van der Waals surface area contributed by atoms with Gasteiger partial charge < -0.3 is 15.5 Å². The van der Waals surface area contributed by atoms with Crippen molar-refractivity contribution in [2.75, 3.05) is 36.8 Å². The Morgan fingerprint density at radius 1 is 0.963 bits per heavy atom. The summed E-state index contributed by atoms with van der Waals surface area (Å²) in [6, 6.07) is 14.9. The first kappa shape index (κ1) is 19.2. The van der Waals surface area contributed by atoms with Crippen molar-refractivity contribution in [2.24, 2.45) is 0 Å². The van der Waals surface area contributed by atoms with E-state index in [1.165, 1.54) is 12.5 Å². The summed E-state index contributed by atoms with van der Waals surface area (Å²) >= 11 is 5.92. The van der Waals surface area contributed by atoms with Crippen molar-refractivity contribution in [3.8, 4) is 0 Å². The molecule has 2 N–H and O–H groups in total. The quantitative estimate of drug-likeness (QED) is 0.843. The second-order valence-electron chi connectivity index (χ2n) is 6.58. The van der Waals surface area contributed by atoms with E-state index in [0.717, 1.165) is 24.7 Å². The number of carbonyl (C=O) groups is 2. The van der Waals surface area contributed by atoms with Crippen LogP contribution in [0.4, 0.5) is 16.2 Å². The van der Waals surface area contributed by atoms with Gasteiger partial charge in [0.05, 0.1) is 0 Å². The van der Waals surface area contributed by atoms with Gasteiger partial charge in [0.2, 0.25) is 5.91 Å². The lowest BCUT2D eigenvalue weighted by Crippen LogP contribution is -2.49. The maximum Gasteiger partial charge on any atom is 0.321 e. The number of halogens is 1. The summed E-state index contributed by atoms with van der Waals surface area (Å²) in [5.41, 5.74) is 2.54. The molecule has 0 aromatic heterocycles. The predicted octanol–water partition coefficient (Wildman–Crippen LogP) is 3.65. The average Bonchev–Trinajstić information content (AvgIpc) is 2.64. The Kier molecular flexibility index (Phi) is 6.32. The van der Waals surface area contributed by atoms with Crippen molar-refractivity contribution in [2.45, 2.75) is 13.5 Å². The zero-order valence-corrected chi connectivity index (χ0v) is 16.0. The van der Waals surface area contributed by atoms with Crippen LogP contribution in [0.15, 0.2) is 48.5 Å². The van der Waals surface area contributed by atoms with E-state index >= 15 is 0 Å². The molecular formula is C20H23ClN4O2. The average molecular weight is 387 g/mol. The molecule has 3 amide bonds. The third-order valence-corrected chi connectivity index (χ3v) is 4.67. The number of urea groups is 1. The topological polar surface area (TPSA) is 64.7 Å². The Bertz CT molecular complexity index is 802. The molecule has 2 aromatic rings. The lowest BCUT2D eigenvalue weighted by molar-refractivity contribution is -0.114. The van der Waals surface area contributed by atoms with Gasteiger partial charge in [0, 0.05) is 56.0 Å². The van der Waals surface area contributed by atoms with Crippen molar-refractivity contribution >= 4 is 34.9 Å². The first-order valence-corrected chi connectivity index (χ1v) is 9.28. The van der Waals surface area contributed by atoms with Gasteiger partial charge in [-0.1, -0.05) is 29.8 Å². The van der Waals surface area contributed by atoms with Gasteiger partial charge in [0.1, 0.15) is 0 Å². The molecule has 142 valence electrons. The fourth-order valence-electron chi connectivity index (χ4n) is 3.04. The molecule has 1 aliphatic heterocycles. The number of amides is 3. The molecular weight excluding hydrogens is 364 g/mol. The van der Waals surface area contributed by atoms with Gasteiger partial charge in [-0.15, -0.1) is 0 Å². The number of rotatable bonds is 4. The number of nitrogens with one attached hydrogen (secondary N) is 2. The molecule has 1 aliphatic rings. The minimum absolute atomic E-state index is 0.124. The Morgan fingerprint density at radius 3 is 2.22 bits per heavy atom. The van der Waals surface area contributed by atoms with Gasteiger partial charge >= 0.3 is 6.03 Å². The summed E-state index contributed by atoms with van der Waals surface area (Å²) < 4.78 is 0. The minimum atomic E-state index is -0.143. The number of hydrogen-bond donors (Lipinski definition) is 2. The van der Waals surface area contributed by atoms with Crippen LogP contribution in [0.2, 0.25) is 5.02 Å². The van der Waals surface area contributed by atoms with Gasteiger partial charge in [-0.2, -0.15) is 0 Å². The van der Waals surface area contributed by atoms with Gasteiger partial charge in [-0.25, -0.2) is 4.79 Å². The smallest absolute Gasteiger partial charge is 0.321 e. The molecule has 0 aliphatic carbocycles. The Balaban J connectivity index is 1.49. The van der Waals surface area contributed by atoms with E-state index in [1.807, 2.05) is 29.2 Å². The van der Waals surface area contributed by atoms with E-state index in [1.54, 1.807) is 24.3 Å². The summed E-state index contributed by atoms with van der Waals surface area (Å²) in [6.07, 6.45) is 0. The Morgan fingerprint density at radius 2 is 1.59 bits per heavy atom. The lowest BCUT2D eigenvalue weighted by atomic mass is 10.2. The highest BCUT2D eigenvalue weighted by Crippen LogP contribution is 2.17. The van der Waals surface area contributed by atoms with Crippen LogP contribution < -0.4 is 10.6 Å². The summed E-state index contributed by atoms with van der Waals surface area (Å²) in [5.74, 6) is -0.143. The molecule has 0 spiro atoms. The van der Waals surface area contributed by atoms with E-state index in [2.05, 4.69) is 15.5 Å². The number of anilines is 2. The third kappa shape index (κ3) is 5.70. The van der Waals surface area contributed by atoms with Crippen molar-refractivity contribution in [1.82, 2.24) is 9.80 Å². The molecule has 0 saturated carbocycles. The normalized spacial score (nSPS) is 14.7. The largest absolute Gasteiger partial charge is 0.326 e. The fraction of sp³-hybridized carbons (Fsp3) is 0.300. The third-order valence-electron chi connectivity index (χ3n) is 4.41. The molecule has 0 radical (unpaired) electrons. The molecule has 2 aromatic carbocycles. The number of carbonyl (C=O) groups excluding carboxylic acids is 2. The molecule has 0 atom stereocenters. The van der Waals surface area contributed by atoms with Crippen LogP contribution in [0.3, 0.4) is 0 Å². The molecule has 27 heavy (non-hydrogen) atoms. The van der Waals surface area contributed by atoms with Crippen LogP contribution in [-0.2, 0) is 11.3 Å². The Labute approximate surface area is 164 Å². The molecule has 1 heterocycles. The van der Waals surface area contributed by atoms with Gasteiger partial charge in [0.15, 0.2) is 0 Å². The van der Waals surface area contributed by atoms with Gasteiger partial charge in [-0.05, 0) is 35.9 Å². The maximum atomic E-state index is 12.5. The highest BCUT2D eigenvalue weighted by molar-refractivity contribution is 6.30. The first-order chi connectivity index (χ1) is 13.0. The van der Waals surface area contributed by atoms with Crippen LogP contribution in [0.1, 0.15) is 12.5 Å². The van der Waals surface area contributed by atoms with Crippen molar-refractivity contribution in [3.63, 3.8) is 0 Å². The molecule has 1 saturated heterocycles. The highest BCUT2D eigenvalue weighted by Gasteiger charge is 2.21. The molecule has 3 rings (SSSR count). The van der Waals surface area contributed by atoms with Crippen molar-refractivity contribution < 1.29 is 9.59 Å².